The van der Waals surface area contributed by atoms with Crippen LogP contribution in [0.15, 0.2) is 42.5 Å². The van der Waals surface area contributed by atoms with Gasteiger partial charge in [-0.1, -0.05) is 18.2 Å². The van der Waals surface area contributed by atoms with Crippen molar-refractivity contribution in [3.05, 3.63) is 42.5 Å². The van der Waals surface area contributed by atoms with Gasteiger partial charge >= 0.3 is 6.36 Å². The Labute approximate surface area is 117 Å². The van der Waals surface area contributed by atoms with Gasteiger partial charge in [-0.15, -0.1) is 13.2 Å². The average Bonchev–Trinajstić information content (AvgIpc) is 2.44. The van der Waals surface area contributed by atoms with Gasteiger partial charge in [-0.3, -0.25) is 0 Å². The Balaban J connectivity index is 2.27. The van der Waals surface area contributed by atoms with Gasteiger partial charge in [0, 0.05) is 10.8 Å². The second-order valence-corrected chi connectivity index (χ2v) is 4.39. The van der Waals surface area contributed by atoms with E-state index in [4.69, 9.17) is 4.74 Å². The molecule has 21 heavy (non-hydrogen) atoms. The number of hydrogen-bond acceptors (Lipinski definition) is 3. The molecule has 0 saturated heterocycles. The molecule has 6 heteroatoms. The first-order chi connectivity index (χ1) is 9.98. The summed E-state index contributed by atoms with van der Waals surface area (Å²) < 4.78 is 46.0. The fourth-order valence-corrected chi connectivity index (χ4v) is 2.26. The summed E-state index contributed by atoms with van der Waals surface area (Å²) in [6, 6.07) is 11.5. The van der Waals surface area contributed by atoms with Crippen LogP contribution in [0.1, 0.15) is 0 Å². The van der Waals surface area contributed by atoms with Crippen molar-refractivity contribution in [2.24, 2.45) is 0 Å². The van der Waals surface area contributed by atoms with E-state index in [9.17, 15) is 13.2 Å². The molecule has 0 N–H and O–H groups in total. The van der Waals surface area contributed by atoms with Crippen molar-refractivity contribution in [1.29, 1.82) is 0 Å². The molecule has 3 aromatic rings. The Morgan fingerprint density at radius 2 is 1.71 bits per heavy atom. The van der Waals surface area contributed by atoms with Gasteiger partial charge in [0.05, 0.1) is 12.6 Å². The Morgan fingerprint density at radius 1 is 0.952 bits per heavy atom. The molecular weight excluding hydrogens is 283 g/mol. The number of alkyl halides is 3. The summed E-state index contributed by atoms with van der Waals surface area (Å²) in [5.74, 6) is -0.0401. The van der Waals surface area contributed by atoms with Crippen molar-refractivity contribution < 1.29 is 22.6 Å². The van der Waals surface area contributed by atoms with Gasteiger partial charge in [0.2, 0.25) is 5.88 Å². The highest BCUT2D eigenvalue weighted by Gasteiger charge is 2.31. The predicted molar refractivity (Wildman–Crippen MR) is 72.5 cm³/mol. The van der Waals surface area contributed by atoms with Gasteiger partial charge in [-0.2, -0.15) is 0 Å². The molecule has 108 valence electrons. The zero-order valence-corrected chi connectivity index (χ0v) is 10.9. The van der Waals surface area contributed by atoms with Crippen molar-refractivity contribution in [3.8, 4) is 11.6 Å². The van der Waals surface area contributed by atoms with Crippen LogP contribution < -0.4 is 9.47 Å². The van der Waals surface area contributed by atoms with Crippen LogP contribution in [0.5, 0.6) is 11.6 Å². The summed E-state index contributed by atoms with van der Waals surface area (Å²) in [6.07, 6.45) is -4.73. The highest BCUT2D eigenvalue weighted by atomic mass is 19.4. The van der Waals surface area contributed by atoms with Crippen LogP contribution >= 0.6 is 0 Å². The number of rotatable bonds is 2. The first-order valence-corrected chi connectivity index (χ1v) is 6.10. The molecule has 0 bridgehead atoms. The van der Waals surface area contributed by atoms with Gasteiger partial charge in [-0.05, 0) is 29.7 Å². The zero-order chi connectivity index (χ0) is 15.0. The van der Waals surface area contributed by atoms with Crippen molar-refractivity contribution in [2.75, 3.05) is 7.11 Å². The van der Waals surface area contributed by atoms with Crippen LogP contribution in [0.4, 0.5) is 13.2 Å². The first-order valence-electron chi connectivity index (χ1n) is 6.10. The van der Waals surface area contributed by atoms with Crippen LogP contribution in [-0.4, -0.2) is 18.5 Å². The van der Waals surface area contributed by atoms with Crippen LogP contribution in [0.2, 0.25) is 0 Å². The third-order valence-corrected chi connectivity index (χ3v) is 3.06. The molecule has 0 spiro atoms. The van der Waals surface area contributed by atoms with Crippen LogP contribution in [0.25, 0.3) is 21.7 Å². The lowest BCUT2D eigenvalue weighted by molar-refractivity contribution is -0.274. The summed E-state index contributed by atoms with van der Waals surface area (Å²) in [6.45, 7) is 0. The Kier molecular flexibility index (Phi) is 3.08. The Hall–Kier alpha value is -2.50. The molecule has 3 rings (SSSR count). The van der Waals surface area contributed by atoms with Crippen LogP contribution in [0.3, 0.4) is 0 Å². The molecule has 3 nitrogen and oxygen atoms in total. The minimum absolute atomic E-state index is 0.260. The van der Waals surface area contributed by atoms with Crippen molar-refractivity contribution >= 4 is 21.7 Å². The summed E-state index contributed by atoms with van der Waals surface area (Å²) in [5.41, 5.74) is 0.714. The SMILES string of the molecule is COc1nc2ccccc2c2ccc(OC(F)(F)F)cc12. The Bertz CT molecular complexity index is 815. The molecular formula is C15H10F3NO2. The maximum atomic E-state index is 12.3. The second-order valence-electron chi connectivity index (χ2n) is 4.39. The van der Waals surface area contributed by atoms with Gasteiger partial charge in [-0.25, -0.2) is 4.98 Å². The van der Waals surface area contributed by atoms with E-state index in [1.165, 1.54) is 19.2 Å². The predicted octanol–water partition coefficient (Wildman–Crippen LogP) is 4.30. The van der Waals surface area contributed by atoms with E-state index in [1.54, 1.807) is 6.07 Å². The first kappa shape index (κ1) is 13.5. The van der Waals surface area contributed by atoms with Gasteiger partial charge in [0.15, 0.2) is 0 Å². The zero-order valence-electron chi connectivity index (χ0n) is 10.9. The molecule has 0 amide bonds. The molecule has 0 fully saturated rings. The Morgan fingerprint density at radius 3 is 2.43 bits per heavy atom. The number of nitrogens with zero attached hydrogens (tertiary/aromatic N) is 1. The molecule has 0 aliphatic carbocycles. The van der Waals surface area contributed by atoms with Gasteiger partial charge in [0.1, 0.15) is 5.75 Å². The standard InChI is InChI=1S/C15H10F3NO2/c1-20-14-12-8-9(21-15(16,17)18)6-7-10(12)11-4-2-3-5-13(11)19-14/h2-8H,1H3. The summed E-state index contributed by atoms with van der Waals surface area (Å²) in [7, 11) is 1.42. The van der Waals surface area contributed by atoms with E-state index in [2.05, 4.69) is 9.72 Å². The minimum Gasteiger partial charge on any atom is -0.481 e. The van der Waals surface area contributed by atoms with Gasteiger partial charge in [0.25, 0.3) is 0 Å². The van der Waals surface area contributed by atoms with Crippen LogP contribution in [-0.2, 0) is 0 Å². The van der Waals surface area contributed by atoms with E-state index < -0.39 is 6.36 Å². The van der Waals surface area contributed by atoms with Crippen molar-refractivity contribution in [1.82, 2.24) is 4.98 Å². The lowest BCUT2D eigenvalue weighted by atomic mass is 10.1. The number of methoxy groups -OCH3 is 1. The summed E-state index contributed by atoms with van der Waals surface area (Å²) >= 11 is 0. The summed E-state index contributed by atoms with van der Waals surface area (Å²) in [5, 5.41) is 2.07. The number of benzene rings is 2. The molecule has 0 aliphatic heterocycles. The summed E-state index contributed by atoms with van der Waals surface area (Å²) in [4.78, 5) is 4.30. The number of fused-ring (bicyclic) bond motifs is 3. The van der Waals surface area contributed by atoms with E-state index >= 15 is 0 Å². The van der Waals surface area contributed by atoms with Gasteiger partial charge < -0.3 is 9.47 Å². The quantitative estimate of drug-likeness (QED) is 0.660. The average molecular weight is 293 g/mol. The third-order valence-electron chi connectivity index (χ3n) is 3.06. The normalized spacial score (nSPS) is 11.8. The third kappa shape index (κ3) is 2.56. The largest absolute Gasteiger partial charge is 0.573 e. The van der Waals surface area contributed by atoms with Crippen molar-refractivity contribution in [3.63, 3.8) is 0 Å². The minimum atomic E-state index is -4.73. The number of hydrogen-bond donors (Lipinski definition) is 0. The molecule has 0 unspecified atom stereocenters. The molecule has 1 aromatic heterocycles. The monoisotopic (exact) mass is 293 g/mol. The number of para-hydroxylation sites is 1. The van der Waals surface area contributed by atoms with E-state index in [1.807, 2.05) is 24.3 Å². The highest BCUT2D eigenvalue weighted by molar-refractivity contribution is 6.08. The fraction of sp³-hybridized carbons (Fsp3) is 0.133. The number of aromatic nitrogens is 1. The molecule has 1 heterocycles. The fourth-order valence-electron chi connectivity index (χ4n) is 2.26. The number of pyridine rings is 1. The molecule has 0 atom stereocenters. The lowest BCUT2D eigenvalue weighted by Crippen LogP contribution is -2.17. The van der Waals surface area contributed by atoms with E-state index in [0.29, 0.717) is 10.9 Å². The lowest BCUT2D eigenvalue weighted by Gasteiger charge is -2.12. The number of ether oxygens (including phenoxy) is 2. The second kappa shape index (κ2) is 4.80. The van der Waals surface area contributed by atoms with E-state index in [0.717, 1.165) is 10.8 Å². The van der Waals surface area contributed by atoms with Crippen molar-refractivity contribution in [2.45, 2.75) is 6.36 Å². The maximum absolute atomic E-state index is 12.3. The topological polar surface area (TPSA) is 31.4 Å². The van der Waals surface area contributed by atoms with E-state index in [-0.39, 0.29) is 11.6 Å². The maximum Gasteiger partial charge on any atom is 0.573 e. The molecule has 0 saturated carbocycles. The molecule has 0 radical (unpaired) electrons. The van der Waals surface area contributed by atoms with Crippen LogP contribution in [0, 0.1) is 0 Å². The molecule has 2 aromatic carbocycles. The smallest absolute Gasteiger partial charge is 0.481 e. The highest BCUT2D eigenvalue weighted by Crippen LogP contribution is 2.34. The molecule has 0 aliphatic rings. The number of halogens is 3.